The summed E-state index contributed by atoms with van der Waals surface area (Å²) in [4.78, 5) is 16.5. The van der Waals surface area contributed by atoms with E-state index in [9.17, 15) is 4.79 Å². The number of thiazole rings is 1. The van der Waals surface area contributed by atoms with Gasteiger partial charge in [-0.05, 0) is 18.9 Å². The number of carbonyl (C=O) groups excluding carboxylic acids is 1. The first-order valence-corrected chi connectivity index (χ1v) is 9.66. The molecular weight excluding hydrogens is 322 g/mol. The van der Waals surface area contributed by atoms with Crippen LogP contribution in [0.15, 0.2) is 28.4 Å². The van der Waals surface area contributed by atoms with E-state index in [0.29, 0.717) is 19.0 Å². The van der Waals surface area contributed by atoms with Gasteiger partial charge in [0.1, 0.15) is 11.3 Å². The van der Waals surface area contributed by atoms with Crippen molar-refractivity contribution in [2.24, 2.45) is 0 Å². The Kier molecular flexibility index (Phi) is 6.43. The van der Waals surface area contributed by atoms with Crippen LogP contribution in [0.2, 0.25) is 0 Å². The van der Waals surface area contributed by atoms with Gasteiger partial charge in [0, 0.05) is 30.1 Å². The van der Waals surface area contributed by atoms with Crippen LogP contribution in [0.25, 0.3) is 10.6 Å². The summed E-state index contributed by atoms with van der Waals surface area (Å²) in [6.07, 6.45) is 11.5. The minimum atomic E-state index is 0.0294. The van der Waals surface area contributed by atoms with Gasteiger partial charge in [-0.25, -0.2) is 4.98 Å². The van der Waals surface area contributed by atoms with Crippen molar-refractivity contribution in [1.82, 2.24) is 15.6 Å². The van der Waals surface area contributed by atoms with Gasteiger partial charge < -0.3 is 15.1 Å². The maximum absolute atomic E-state index is 12.0. The number of aromatic nitrogens is 1. The third-order valence-electron chi connectivity index (χ3n) is 4.40. The van der Waals surface area contributed by atoms with Crippen LogP contribution in [-0.2, 0) is 11.2 Å². The normalized spacial score (nSPS) is 16.0. The minimum Gasteiger partial charge on any atom is -0.472 e. The zero-order valence-electron chi connectivity index (χ0n) is 13.9. The number of hydrogen-bond acceptors (Lipinski definition) is 5. The largest absolute Gasteiger partial charge is 0.472 e. The lowest BCUT2D eigenvalue weighted by Crippen LogP contribution is -2.37. The second-order valence-electron chi connectivity index (χ2n) is 6.33. The molecule has 0 saturated heterocycles. The van der Waals surface area contributed by atoms with E-state index in [-0.39, 0.29) is 5.91 Å². The van der Waals surface area contributed by atoms with Crippen LogP contribution >= 0.6 is 11.3 Å². The van der Waals surface area contributed by atoms with Crippen molar-refractivity contribution in [3.63, 3.8) is 0 Å². The molecule has 0 aromatic carbocycles. The predicted octanol–water partition coefficient (Wildman–Crippen LogP) is 3.37. The first-order valence-electron chi connectivity index (χ1n) is 8.78. The molecule has 6 heteroatoms. The standard InChI is InChI=1S/C18H25N3O2S/c22-17(20-9-8-19-15-5-3-1-2-4-6-15)11-16-13-24-18(21-16)14-7-10-23-12-14/h7,10,12-13,15,19H,1-6,8-9,11H2,(H,20,22). The predicted molar refractivity (Wildman–Crippen MR) is 96.0 cm³/mol. The third kappa shape index (κ3) is 5.18. The summed E-state index contributed by atoms with van der Waals surface area (Å²) in [5.41, 5.74) is 1.77. The Hall–Kier alpha value is -1.66. The molecule has 5 nitrogen and oxygen atoms in total. The number of rotatable bonds is 7. The Morgan fingerprint density at radius 2 is 2.08 bits per heavy atom. The maximum Gasteiger partial charge on any atom is 0.226 e. The molecule has 0 aliphatic heterocycles. The van der Waals surface area contributed by atoms with Gasteiger partial charge in [0.2, 0.25) is 5.91 Å². The van der Waals surface area contributed by atoms with E-state index >= 15 is 0 Å². The zero-order valence-corrected chi connectivity index (χ0v) is 14.7. The van der Waals surface area contributed by atoms with E-state index < -0.39 is 0 Å². The van der Waals surface area contributed by atoms with Crippen molar-refractivity contribution in [3.8, 4) is 10.6 Å². The fraction of sp³-hybridized carbons (Fsp3) is 0.556. The summed E-state index contributed by atoms with van der Waals surface area (Å²) in [6.45, 7) is 1.52. The molecule has 1 saturated carbocycles. The highest BCUT2D eigenvalue weighted by Gasteiger charge is 2.12. The molecule has 0 unspecified atom stereocenters. The third-order valence-corrected chi connectivity index (χ3v) is 5.34. The fourth-order valence-electron chi connectivity index (χ4n) is 3.10. The molecule has 1 fully saturated rings. The molecule has 2 aromatic rings. The number of carbonyl (C=O) groups is 1. The van der Waals surface area contributed by atoms with E-state index in [1.165, 1.54) is 49.9 Å². The SMILES string of the molecule is O=C(Cc1csc(-c2ccoc2)n1)NCCNC1CCCCCC1. The molecule has 24 heavy (non-hydrogen) atoms. The lowest BCUT2D eigenvalue weighted by atomic mass is 10.1. The molecular formula is C18H25N3O2S. The van der Waals surface area contributed by atoms with E-state index in [2.05, 4.69) is 15.6 Å². The maximum atomic E-state index is 12.0. The van der Waals surface area contributed by atoms with Crippen molar-refractivity contribution in [3.05, 3.63) is 29.7 Å². The fourth-order valence-corrected chi connectivity index (χ4v) is 3.90. The van der Waals surface area contributed by atoms with Gasteiger partial charge in [0.25, 0.3) is 0 Å². The van der Waals surface area contributed by atoms with Crippen molar-refractivity contribution in [1.29, 1.82) is 0 Å². The lowest BCUT2D eigenvalue weighted by Gasteiger charge is -2.16. The average molecular weight is 347 g/mol. The second kappa shape index (κ2) is 8.99. The van der Waals surface area contributed by atoms with Crippen LogP contribution in [-0.4, -0.2) is 30.0 Å². The summed E-state index contributed by atoms with van der Waals surface area (Å²) in [5.74, 6) is 0.0294. The number of amides is 1. The molecule has 130 valence electrons. The van der Waals surface area contributed by atoms with E-state index in [4.69, 9.17) is 4.42 Å². The molecule has 2 heterocycles. The summed E-state index contributed by atoms with van der Waals surface area (Å²) >= 11 is 1.53. The molecule has 1 aliphatic carbocycles. The molecule has 0 spiro atoms. The first kappa shape index (κ1) is 17.2. The van der Waals surface area contributed by atoms with Crippen molar-refractivity contribution < 1.29 is 9.21 Å². The number of hydrogen-bond donors (Lipinski definition) is 2. The highest BCUT2D eigenvalue weighted by molar-refractivity contribution is 7.13. The highest BCUT2D eigenvalue weighted by atomic mass is 32.1. The molecule has 2 N–H and O–H groups in total. The number of furan rings is 1. The highest BCUT2D eigenvalue weighted by Crippen LogP contribution is 2.24. The Balaban J connectivity index is 1.35. The number of nitrogens with one attached hydrogen (secondary N) is 2. The molecule has 0 radical (unpaired) electrons. The van der Waals surface area contributed by atoms with Crippen LogP contribution in [0.3, 0.4) is 0 Å². The van der Waals surface area contributed by atoms with Gasteiger partial charge in [-0.2, -0.15) is 0 Å². The smallest absolute Gasteiger partial charge is 0.226 e. The molecule has 1 amide bonds. The van der Waals surface area contributed by atoms with Crippen LogP contribution in [0.5, 0.6) is 0 Å². The van der Waals surface area contributed by atoms with Crippen molar-refractivity contribution in [2.75, 3.05) is 13.1 Å². The molecule has 0 bridgehead atoms. The van der Waals surface area contributed by atoms with Crippen LogP contribution in [0.1, 0.15) is 44.2 Å². The van der Waals surface area contributed by atoms with Crippen LogP contribution in [0, 0.1) is 0 Å². The summed E-state index contributed by atoms with van der Waals surface area (Å²) in [6, 6.07) is 2.50. The van der Waals surface area contributed by atoms with Gasteiger partial charge in [0.05, 0.1) is 18.4 Å². The lowest BCUT2D eigenvalue weighted by molar-refractivity contribution is -0.120. The van der Waals surface area contributed by atoms with Gasteiger partial charge in [-0.1, -0.05) is 25.7 Å². The molecule has 0 atom stereocenters. The second-order valence-corrected chi connectivity index (χ2v) is 7.18. The molecule has 1 aliphatic rings. The summed E-state index contributed by atoms with van der Waals surface area (Å²) < 4.78 is 5.06. The monoisotopic (exact) mass is 347 g/mol. The summed E-state index contributed by atoms with van der Waals surface area (Å²) in [7, 11) is 0. The van der Waals surface area contributed by atoms with Crippen molar-refractivity contribution >= 4 is 17.2 Å². The van der Waals surface area contributed by atoms with Crippen LogP contribution in [0.4, 0.5) is 0 Å². The first-order chi connectivity index (χ1) is 11.8. The van der Waals surface area contributed by atoms with Gasteiger partial charge in [-0.15, -0.1) is 11.3 Å². The van der Waals surface area contributed by atoms with E-state index in [1.54, 1.807) is 12.5 Å². The zero-order chi connectivity index (χ0) is 16.6. The topological polar surface area (TPSA) is 67.2 Å². The Labute approximate surface area is 146 Å². The summed E-state index contributed by atoms with van der Waals surface area (Å²) in [5, 5.41) is 9.37. The number of nitrogens with zero attached hydrogens (tertiary/aromatic N) is 1. The Morgan fingerprint density at radius 3 is 2.83 bits per heavy atom. The quantitative estimate of drug-likeness (QED) is 0.595. The van der Waals surface area contributed by atoms with Gasteiger partial charge in [-0.3, -0.25) is 4.79 Å². The van der Waals surface area contributed by atoms with Gasteiger partial charge in [0.15, 0.2) is 0 Å². The minimum absolute atomic E-state index is 0.0294. The van der Waals surface area contributed by atoms with E-state index in [1.807, 2.05) is 11.4 Å². The molecule has 2 aromatic heterocycles. The Bertz CT molecular complexity index is 616. The molecule has 3 rings (SSSR count). The van der Waals surface area contributed by atoms with Crippen LogP contribution < -0.4 is 10.6 Å². The Morgan fingerprint density at radius 1 is 1.25 bits per heavy atom. The average Bonchev–Trinajstić information content (AvgIpc) is 3.19. The van der Waals surface area contributed by atoms with E-state index in [0.717, 1.165) is 22.8 Å². The van der Waals surface area contributed by atoms with Gasteiger partial charge >= 0.3 is 0 Å². The van der Waals surface area contributed by atoms with Crippen molar-refractivity contribution in [2.45, 2.75) is 51.0 Å².